The molecule has 1 aliphatic rings. The van der Waals surface area contributed by atoms with Crippen molar-refractivity contribution in [1.82, 2.24) is 0 Å². The average Bonchev–Trinajstić information content (AvgIpc) is 3.13. The van der Waals surface area contributed by atoms with Gasteiger partial charge in [-0.1, -0.05) is 37.3 Å². The molecule has 1 amide bonds. The lowest BCUT2D eigenvalue weighted by molar-refractivity contribution is -0.149. The minimum Gasteiger partial charge on any atom is -0.465 e. The molecule has 0 radical (unpaired) electrons. The minimum atomic E-state index is -0.480. The molecule has 1 fully saturated rings. The fourth-order valence-corrected chi connectivity index (χ4v) is 3.30. The molecule has 146 valence electrons. The van der Waals surface area contributed by atoms with Gasteiger partial charge in [0.15, 0.2) is 0 Å². The molecule has 0 saturated carbocycles. The number of carbonyl (C=O) groups is 3. The third-order valence-electron chi connectivity index (χ3n) is 4.88. The molecular weight excluding hydrogens is 358 g/mol. The number of nitrogens with zero attached hydrogens (tertiary/aromatic N) is 1. The lowest BCUT2D eigenvalue weighted by atomic mass is 10.1. The van der Waals surface area contributed by atoms with E-state index in [4.69, 9.17) is 4.74 Å². The SMILES string of the molecule is CCc1ccccc1N1C[C@@H](C(=O)OCc2ccc(C(=O)OC)cc2)CC1=O. The standard InChI is InChI=1S/C22H23NO5/c1-3-16-6-4-5-7-19(16)23-13-18(12-20(23)24)22(26)28-14-15-8-10-17(11-9-15)21(25)27-2/h4-11,18H,3,12-14H2,1-2H3/t18-/m0/s1. The first-order valence-corrected chi connectivity index (χ1v) is 9.25. The Hall–Kier alpha value is -3.15. The number of carbonyl (C=O) groups excluding carboxylic acids is 3. The summed E-state index contributed by atoms with van der Waals surface area (Å²) in [5.41, 5.74) is 3.14. The second kappa shape index (κ2) is 8.69. The van der Waals surface area contributed by atoms with Crippen molar-refractivity contribution in [3.63, 3.8) is 0 Å². The predicted octanol–water partition coefficient (Wildman–Crippen LogP) is 3.13. The van der Waals surface area contributed by atoms with Crippen LogP contribution in [0.25, 0.3) is 0 Å². The topological polar surface area (TPSA) is 72.9 Å². The quantitative estimate of drug-likeness (QED) is 0.719. The second-order valence-corrected chi connectivity index (χ2v) is 6.68. The van der Waals surface area contributed by atoms with Gasteiger partial charge in [0.1, 0.15) is 6.61 Å². The number of rotatable bonds is 6. The highest BCUT2D eigenvalue weighted by Gasteiger charge is 2.36. The Kier molecular flexibility index (Phi) is 6.09. The molecule has 2 aromatic rings. The molecule has 1 aliphatic heterocycles. The van der Waals surface area contributed by atoms with Crippen molar-refractivity contribution in [2.75, 3.05) is 18.6 Å². The van der Waals surface area contributed by atoms with Crippen molar-refractivity contribution in [2.24, 2.45) is 5.92 Å². The summed E-state index contributed by atoms with van der Waals surface area (Å²) >= 11 is 0. The largest absolute Gasteiger partial charge is 0.465 e. The molecule has 0 unspecified atom stereocenters. The number of para-hydroxylation sites is 1. The molecule has 0 aliphatic carbocycles. The van der Waals surface area contributed by atoms with E-state index in [9.17, 15) is 14.4 Å². The fraction of sp³-hybridized carbons (Fsp3) is 0.318. The van der Waals surface area contributed by atoms with Crippen molar-refractivity contribution in [2.45, 2.75) is 26.4 Å². The Labute approximate surface area is 164 Å². The van der Waals surface area contributed by atoms with E-state index in [1.54, 1.807) is 29.2 Å². The number of amides is 1. The van der Waals surface area contributed by atoms with Crippen molar-refractivity contribution >= 4 is 23.5 Å². The first-order chi connectivity index (χ1) is 13.5. The summed E-state index contributed by atoms with van der Waals surface area (Å²) in [7, 11) is 1.32. The van der Waals surface area contributed by atoms with Gasteiger partial charge in [0.2, 0.25) is 5.91 Å². The van der Waals surface area contributed by atoms with Gasteiger partial charge in [0.25, 0.3) is 0 Å². The van der Waals surface area contributed by atoms with Gasteiger partial charge < -0.3 is 14.4 Å². The summed E-state index contributed by atoms with van der Waals surface area (Å²) in [5, 5.41) is 0. The van der Waals surface area contributed by atoms with Crippen LogP contribution in [0.2, 0.25) is 0 Å². The van der Waals surface area contributed by atoms with Crippen molar-refractivity contribution in [3.8, 4) is 0 Å². The highest BCUT2D eigenvalue weighted by atomic mass is 16.5. The molecule has 0 N–H and O–H groups in total. The molecule has 3 rings (SSSR count). The number of hydrogen-bond donors (Lipinski definition) is 0. The zero-order chi connectivity index (χ0) is 20.1. The zero-order valence-corrected chi connectivity index (χ0v) is 16.0. The van der Waals surface area contributed by atoms with E-state index in [1.807, 2.05) is 31.2 Å². The lowest BCUT2D eigenvalue weighted by Gasteiger charge is -2.19. The summed E-state index contributed by atoms with van der Waals surface area (Å²) in [6.45, 7) is 2.46. The summed E-state index contributed by atoms with van der Waals surface area (Å²) in [6, 6.07) is 14.4. The third-order valence-corrected chi connectivity index (χ3v) is 4.88. The van der Waals surface area contributed by atoms with Gasteiger partial charge in [-0.25, -0.2) is 4.79 Å². The number of esters is 2. The van der Waals surface area contributed by atoms with E-state index in [1.165, 1.54) is 7.11 Å². The summed E-state index contributed by atoms with van der Waals surface area (Å²) in [5.74, 6) is -1.35. The average molecular weight is 381 g/mol. The van der Waals surface area contributed by atoms with Gasteiger partial charge >= 0.3 is 11.9 Å². The maximum absolute atomic E-state index is 12.4. The molecule has 0 spiro atoms. The first-order valence-electron chi connectivity index (χ1n) is 9.25. The van der Waals surface area contributed by atoms with E-state index >= 15 is 0 Å². The molecule has 2 aromatic carbocycles. The maximum atomic E-state index is 12.4. The summed E-state index contributed by atoms with van der Waals surface area (Å²) < 4.78 is 10.0. The first kappa shape index (κ1) is 19.6. The van der Waals surface area contributed by atoms with E-state index in [2.05, 4.69) is 4.74 Å². The van der Waals surface area contributed by atoms with Crippen LogP contribution in [0.4, 0.5) is 5.69 Å². The normalized spacial score (nSPS) is 16.1. The van der Waals surface area contributed by atoms with E-state index in [0.717, 1.165) is 23.2 Å². The van der Waals surface area contributed by atoms with Gasteiger partial charge in [0.05, 0.1) is 18.6 Å². The molecule has 0 aromatic heterocycles. The summed E-state index contributed by atoms with van der Waals surface area (Å²) in [4.78, 5) is 38.0. The number of methoxy groups -OCH3 is 1. The van der Waals surface area contributed by atoms with Gasteiger partial charge in [-0.05, 0) is 35.7 Å². The van der Waals surface area contributed by atoms with E-state index in [-0.39, 0.29) is 24.9 Å². The van der Waals surface area contributed by atoms with Crippen LogP contribution in [0.1, 0.15) is 34.8 Å². The summed E-state index contributed by atoms with van der Waals surface area (Å²) in [6.07, 6.45) is 0.967. The highest BCUT2D eigenvalue weighted by molar-refractivity contribution is 6.00. The molecule has 6 heteroatoms. The molecule has 1 atom stereocenters. The Morgan fingerprint density at radius 1 is 1.11 bits per heavy atom. The zero-order valence-electron chi connectivity index (χ0n) is 16.0. The molecule has 6 nitrogen and oxygen atoms in total. The Bertz CT molecular complexity index is 875. The molecular formula is C22H23NO5. The van der Waals surface area contributed by atoms with Gasteiger partial charge in [0, 0.05) is 18.7 Å². The third kappa shape index (κ3) is 4.22. The number of benzene rings is 2. The lowest BCUT2D eigenvalue weighted by Crippen LogP contribution is -2.27. The monoisotopic (exact) mass is 381 g/mol. The van der Waals surface area contributed by atoms with Gasteiger partial charge in [-0.15, -0.1) is 0 Å². The number of aryl methyl sites for hydroxylation is 1. The maximum Gasteiger partial charge on any atom is 0.337 e. The molecule has 1 heterocycles. The van der Waals surface area contributed by atoms with Crippen molar-refractivity contribution < 1.29 is 23.9 Å². The number of ether oxygens (including phenoxy) is 2. The van der Waals surface area contributed by atoms with Crippen LogP contribution in [-0.4, -0.2) is 31.5 Å². The minimum absolute atomic E-state index is 0.0646. The van der Waals surface area contributed by atoms with Crippen LogP contribution in [0.3, 0.4) is 0 Å². The van der Waals surface area contributed by atoms with Gasteiger partial charge in [-0.2, -0.15) is 0 Å². The van der Waals surface area contributed by atoms with Crippen LogP contribution in [0.15, 0.2) is 48.5 Å². The van der Waals surface area contributed by atoms with Crippen LogP contribution in [-0.2, 0) is 32.1 Å². The fourth-order valence-electron chi connectivity index (χ4n) is 3.30. The second-order valence-electron chi connectivity index (χ2n) is 6.68. The number of hydrogen-bond acceptors (Lipinski definition) is 5. The van der Waals surface area contributed by atoms with E-state index in [0.29, 0.717) is 12.1 Å². The Morgan fingerprint density at radius 3 is 2.50 bits per heavy atom. The van der Waals surface area contributed by atoms with Crippen LogP contribution in [0, 0.1) is 5.92 Å². The molecule has 0 bridgehead atoms. The van der Waals surface area contributed by atoms with Gasteiger partial charge in [-0.3, -0.25) is 9.59 Å². The molecule has 1 saturated heterocycles. The van der Waals surface area contributed by atoms with Crippen LogP contribution < -0.4 is 4.90 Å². The van der Waals surface area contributed by atoms with E-state index < -0.39 is 11.9 Å². The number of anilines is 1. The van der Waals surface area contributed by atoms with Crippen molar-refractivity contribution in [1.29, 1.82) is 0 Å². The smallest absolute Gasteiger partial charge is 0.337 e. The predicted molar refractivity (Wildman–Crippen MR) is 104 cm³/mol. The Morgan fingerprint density at radius 2 is 1.82 bits per heavy atom. The Balaban J connectivity index is 1.60. The highest BCUT2D eigenvalue weighted by Crippen LogP contribution is 2.29. The van der Waals surface area contributed by atoms with Crippen molar-refractivity contribution in [3.05, 3.63) is 65.2 Å². The molecule has 28 heavy (non-hydrogen) atoms. The van der Waals surface area contributed by atoms with Crippen LogP contribution in [0.5, 0.6) is 0 Å². The van der Waals surface area contributed by atoms with Crippen LogP contribution >= 0.6 is 0 Å².